The smallest absolute Gasteiger partial charge is 0.341 e. The lowest BCUT2D eigenvalue weighted by Crippen LogP contribution is -2.25. The molecule has 3 N–H and O–H groups in total. The second kappa shape index (κ2) is 8.81. The predicted octanol–water partition coefficient (Wildman–Crippen LogP) is 3.92. The number of carboxylic acids is 1. The summed E-state index contributed by atoms with van der Waals surface area (Å²) in [7, 11) is 0. The Balaban J connectivity index is 2.08. The third kappa shape index (κ3) is 4.41. The van der Waals surface area contributed by atoms with Crippen LogP contribution in [0, 0.1) is 23.4 Å². The predicted molar refractivity (Wildman–Crippen MR) is 110 cm³/mol. The highest BCUT2D eigenvalue weighted by Gasteiger charge is 2.21. The maximum atomic E-state index is 13.9. The van der Waals surface area contributed by atoms with Gasteiger partial charge in [-0.05, 0) is 24.1 Å². The lowest BCUT2D eigenvalue weighted by molar-refractivity contribution is 0.0694. The number of aliphatic hydroxyl groups excluding tert-OH is 1. The number of halogens is 3. The number of fused-ring (bicyclic) bond motifs is 1. The van der Waals surface area contributed by atoms with E-state index in [0.717, 1.165) is 0 Å². The number of rotatable bonds is 7. The van der Waals surface area contributed by atoms with Gasteiger partial charge in [0, 0.05) is 41.5 Å². The molecule has 1 aromatic heterocycles. The van der Waals surface area contributed by atoms with Gasteiger partial charge in [0.05, 0.1) is 18.2 Å². The lowest BCUT2D eigenvalue weighted by Gasteiger charge is -2.25. The molecule has 0 aliphatic heterocycles. The fraction of sp³-hybridized carbons (Fsp3) is 0.273. The molecule has 2 aromatic carbocycles. The Morgan fingerprint density at radius 2 is 1.77 bits per heavy atom. The molecule has 3 aromatic rings. The number of hydrogen-bond donors (Lipinski definition) is 3. The fourth-order valence-corrected chi connectivity index (χ4v) is 3.44. The molecule has 1 heterocycles. The van der Waals surface area contributed by atoms with Gasteiger partial charge in [0.25, 0.3) is 0 Å². The molecule has 0 fully saturated rings. The molecule has 3 rings (SSSR count). The van der Waals surface area contributed by atoms with Crippen molar-refractivity contribution < 1.29 is 28.2 Å². The minimum absolute atomic E-state index is 0.0559. The van der Waals surface area contributed by atoms with E-state index in [-0.39, 0.29) is 30.0 Å². The number of aromatic carboxylic acids is 1. The zero-order valence-corrected chi connectivity index (χ0v) is 16.8. The molecule has 0 saturated heterocycles. The van der Waals surface area contributed by atoms with Crippen molar-refractivity contribution >= 4 is 22.6 Å². The normalized spacial score (nSPS) is 12.4. The van der Waals surface area contributed by atoms with E-state index in [1.54, 1.807) is 16.7 Å². The standard InChI is InChI=1S/C22H21F3N2O4/c1-11(2)20(10-28)27-9-16(22(30)31)21(29)14-7-13(3-4-19(14)27)26-8-15-17(24)5-12(23)6-18(15)25/h3-7,9,11,20,26,28H,8,10H2,1-2H3,(H,30,31)/t20-/m1/s1. The van der Waals surface area contributed by atoms with Gasteiger partial charge in [0.2, 0.25) is 5.43 Å². The Bertz CT molecular complexity index is 1180. The number of aromatic nitrogens is 1. The average Bonchev–Trinajstić information content (AvgIpc) is 2.69. The topological polar surface area (TPSA) is 91.6 Å². The number of aliphatic hydroxyl groups is 1. The maximum absolute atomic E-state index is 13.9. The summed E-state index contributed by atoms with van der Waals surface area (Å²) >= 11 is 0. The molecule has 1 atom stereocenters. The first-order valence-corrected chi connectivity index (χ1v) is 9.54. The average molecular weight is 434 g/mol. The number of benzene rings is 2. The van der Waals surface area contributed by atoms with Gasteiger partial charge in [-0.2, -0.15) is 0 Å². The summed E-state index contributed by atoms with van der Waals surface area (Å²) in [6.07, 6.45) is 1.21. The van der Waals surface area contributed by atoms with Gasteiger partial charge in [-0.3, -0.25) is 4.79 Å². The molecule has 0 saturated carbocycles. The summed E-state index contributed by atoms with van der Waals surface area (Å²) in [5, 5.41) is 22.1. The van der Waals surface area contributed by atoms with Crippen LogP contribution >= 0.6 is 0 Å². The van der Waals surface area contributed by atoms with E-state index in [2.05, 4.69) is 5.32 Å². The van der Waals surface area contributed by atoms with Gasteiger partial charge in [0.15, 0.2) is 0 Å². The summed E-state index contributed by atoms with van der Waals surface area (Å²) in [6.45, 7) is 3.12. The van der Waals surface area contributed by atoms with E-state index < -0.39 is 40.5 Å². The molecule has 0 radical (unpaired) electrons. The van der Waals surface area contributed by atoms with Gasteiger partial charge < -0.3 is 20.1 Å². The Hall–Kier alpha value is -3.33. The quantitative estimate of drug-likeness (QED) is 0.524. The van der Waals surface area contributed by atoms with Crippen molar-refractivity contribution in [2.45, 2.75) is 26.4 Å². The van der Waals surface area contributed by atoms with Crippen molar-refractivity contribution in [3.63, 3.8) is 0 Å². The first-order valence-electron chi connectivity index (χ1n) is 9.54. The molecule has 0 amide bonds. The van der Waals surface area contributed by atoms with E-state index >= 15 is 0 Å². The zero-order valence-electron chi connectivity index (χ0n) is 16.8. The van der Waals surface area contributed by atoms with Crippen molar-refractivity contribution in [2.75, 3.05) is 11.9 Å². The van der Waals surface area contributed by atoms with Crippen LogP contribution in [0.5, 0.6) is 0 Å². The van der Waals surface area contributed by atoms with Crippen molar-refractivity contribution in [3.05, 3.63) is 75.3 Å². The van der Waals surface area contributed by atoms with Crippen LogP contribution in [-0.4, -0.2) is 27.4 Å². The maximum Gasteiger partial charge on any atom is 0.341 e. The second-order valence-electron chi connectivity index (χ2n) is 7.51. The summed E-state index contributed by atoms with van der Waals surface area (Å²) in [5.74, 6) is -4.60. The Labute approximate surface area is 175 Å². The van der Waals surface area contributed by atoms with Crippen molar-refractivity contribution in [2.24, 2.45) is 5.92 Å². The Morgan fingerprint density at radius 1 is 1.13 bits per heavy atom. The summed E-state index contributed by atoms with van der Waals surface area (Å²) < 4.78 is 42.4. The molecule has 9 heteroatoms. The van der Waals surface area contributed by atoms with Gasteiger partial charge in [-0.15, -0.1) is 0 Å². The molecule has 0 spiro atoms. The van der Waals surface area contributed by atoms with Gasteiger partial charge in [-0.1, -0.05) is 13.8 Å². The molecular formula is C22H21F3N2O4. The van der Waals surface area contributed by atoms with Gasteiger partial charge in [0.1, 0.15) is 23.0 Å². The number of pyridine rings is 1. The molecule has 0 aliphatic rings. The van der Waals surface area contributed by atoms with Crippen LogP contribution in [0.25, 0.3) is 10.9 Å². The lowest BCUT2D eigenvalue weighted by atomic mass is 10.0. The molecule has 0 unspecified atom stereocenters. The van der Waals surface area contributed by atoms with E-state index in [4.69, 9.17) is 0 Å². The Kier molecular flexibility index (Phi) is 6.35. The molecule has 6 nitrogen and oxygen atoms in total. The SMILES string of the molecule is CC(C)[C@@H](CO)n1cc(C(=O)O)c(=O)c2cc(NCc3c(F)cc(F)cc3F)ccc21. The van der Waals surface area contributed by atoms with Crippen LogP contribution in [0.4, 0.5) is 18.9 Å². The fourth-order valence-electron chi connectivity index (χ4n) is 3.44. The third-order valence-electron chi connectivity index (χ3n) is 5.15. The zero-order chi connectivity index (χ0) is 22.9. The molecule has 31 heavy (non-hydrogen) atoms. The van der Waals surface area contributed by atoms with Crippen LogP contribution in [0.1, 0.15) is 35.8 Å². The number of carboxylic acid groups (broad SMARTS) is 1. The first kappa shape index (κ1) is 22.4. The van der Waals surface area contributed by atoms with Gasteiger partial charge in [-0.25, -0.2) is 18.0 Å². The minimum Gasteiger partial charge on any atom is -0.477 e. The molecule has 164 valence electrons. The van der Waals surface area contributed by atoms with Crippen molar-refractivity contribution in [1.82, 2.24) is 4.57 Å². The highest BCUT2D eigenvalue weighted by atomic mass is 19.1. The number of nitrogens with one attached hydrogen (secondary N) is 1. The van der Waals surface area contributed by atoms with Crippen LogP contribution in [0.15, 0.2) is 41.3 Å². The van der Waals surface area contributed by atoms with Crippen LogP contribution < -0.4 is 10.7 Å². The van der Waals surface area contributed by atoms with Gasteiger partial charge >= 0.3 is 5.97 Å². The highest BCUT2D eigenvalue weighted by molar-refractivity contribution is 5.93. The number of nitrogens with zero attached hydrogens (tertiary/aromatic N) is 1. The van der Waals surface area contributed by atoms with E-state index in [0.29, 0.717) is 23.3 Å². The summed E-state index contributed by atoms with van der Waals surface area (Å²) in [4.78, 5) is 24.3. The van der Waals surface area contributed by atoms with E-state index in [1.165, 1.54) is 12.3 Å². The monoisotopic (exact) mass is 434 g/mol. The van der Waals surface area contributed by atoms with E-state index in [9.17, 15) is 33.0 Å². The Morgan fingerprint density at radius 3 is 2.32 bits per heavy atom. The van der Waals surface area contributed by atoms with E-state index in [1.807, 2.05) is 13.8 Å². The van der Waals surface area contributed by atoms with Crippen molar-refractivity contribution in [3.8, 4) is 0 Å². The van der Waals surface area contributed by atoms with Crippen LogP contribution in [0.3, 0.4) is 0 Å². The van der Waals surface area contributed by atoms with Crippen LogP contribution in [0.2, 0.25) is 0 Å². The largest absolute Gasteiger partial charge is 0.477 e. The first-order chi connectivity index (χ1) is 14.6. The number of carbonyl (C=O) groups is 1. The number of hydrogen-bond acceptors (Lipinski definition) is 4. The third-order valence-corrected chi connectivity index (χ3v) is 5.15. The number of anilines is 1. The molecule has 0 aliphatic carbocycles. The second-order valence-corrected chi connectivity index (χ2v) is 7.51. The molecular weight excluding hydrogens is 413 g/mol. The minimum atomic E-state index is -1.41. The van der Waals surface area contributed by atoms with Crippen molar-refractivity contribution in [1.29, 1.82) is 0 Å². The van der Waals surface area contributed by atoms with Crippen LogP contribution in [-0.2, 0) is 6.54 Å². The molecule has 0 bridgehead atoms. The summed E-state index contributed by atoms with van der Waals surface area (Å²) in [5.41, 5.74) is -0.834. The summed E-state index contributed by atoms with van der Waals surface area (Å²) in [6, 6.07) is 5.18. The highest BCUT2D eigenvalue weighted by Crippen LogP contribution is 2.25.